The first-order chi connectivity index (χ1) is 13.5. The van der Waals surface area contributed by atoms with Crippen molar-refractivity contribution >= 4 is 50.7 Å². The molecule has 2 aliphatic heterocycles. The summed E-state index contributed by atoms with van der Waals surface area (Å²) >= 11 is 3.37. The lowest BCUT2D eigenvalue weighted by Crippen LogP contribution is -2.43. The van der Waals surface area contributed by atoms with Gasteiger partial charge in [0.15, 0.2) is 6.61 Å². The van der Waals surface area contributed by atoms with Gasteiger partial charge in [0.2, 0.25) is 11.8 Å². The first kappa shape index (κ1) is 18.5. The topological polar surface area (TPSA) is 79.0 Å². The predicted octanol–water partition coefficient (Wildman–Crippen LogP) is 2.94. The Kier molecular flexibility index (Phi) is 5.04. The standard InChI is InChI=1S/C20H18BrN3O4/c21-13-6-7-16-17(9-13)28-12-20(27)24(16)11-18(25)22-14-3-1-4-15(10-14)23-8-2-5-19(23)26/h1,3-4,6-7,9-10H,2,5,8,11-12H2,(H,22,25). The smallest absolute Gasteiger partial charge is 0.265 e. The summed E-state index contributed by atoms with van der Waals surface area (Å²) in [6.07, 6.45) is 1.38. The molecular formula is C20H18BrN3O4. The summed E-state index contributed by atoms with van der Waals surface area (Å²) in [6, 6.07) is 12.5. The van der Waals surface area contributed by atoms with Gasteiger partial charge in [0.25, 0.3) is 5.91 Å². The lowest BCUT2D eigenvalue weighted by molar-refractivity contribution is -0.123. The Morgan fingerprint density at radius 1 is 1.14 bits per heavy atom. The molecule has 4 rings (SSSR count). The van der Waals surface area contributed by atoms with E-state index in [0.717, 1.165) is 16.6 Å². The van der Waals surface area contributed by atoms with Crippen molar-refractivity contribution in [2.24, 2.45) is 0 Å². The SMILES string of the molecule is O=C(CN1C(=O)COc2cc(Br)ccc21)Nc1cccc(N2CCCC2=O)c1. The molecule has 7 nitrogen and oxygen atoms in total. The Hall–Kier alpha value is -2.87. The highest BCUT2D eigenvalue weighted by atomic mass is 79.9. The van der Waals surface area contributed by atoms with Gasteiger partial charge in [-0.1, -0.05) is 22.0 Å². The Balaban J connectivity index is 1.48. The number of nitrogens with one attached hydrogen (secondary N) is 1. The molecule has 0 bridgehead atoms. The third-order valence-corrected chi connectivity index (χ3v) is 5.17. The zero-order valence-corrected chi connectivity index (χ0v) is 16.6. The van der Waals surface area contributed by atoms with Crippen molar-refractivity contribution < 1.29 is 19.1 Å². The van der Waals surface area contributed by atoms with Gasteiger partial charge in [0, 0.05) is 28.8 Å². The highest BCUT2D eigenvalue weighted by Gasteiger charge is 2.27. The third kappa shape index (κ3) is 3.73. The fourth-order valence-electron chi connectivity index (χ4n) is 3.37. The normalized spacial score (nSPS) is 16.0. The van der Waals surface area contributed by atoms with Gasteiger partial charge in [0.05, 0.1) is 5.69 Å². The number of hydrogen-bond donors (Lipinski definition) is 1. The van der Waals surface area contributed by atoms with Crippen molar-refractivity contribution in [1.82, 2.24) is 0 Å². The number of anilines is 3. The molecule has 2 heterocycles. The fraction of sp³-hybridized carbons (Fsp3) is 0.250. The van der Waals surface area contributed by atoms with E-state index in [9.17, 15) is 14.4 Å². The number of nitrogens with zero attached hydrogens (tertiary/aromatic N) is 2. The Labute approximate surface area is 170 Å². The van der Waals surface area contributed by atoms with E-state index in [0.29, 0.717) is 30.1 Å². The molecule has 0 radical (unpaired) electrons. The average Bonchev–Trinajstić information content (AvgIpc) is 3.10. The van der Waals surface area contributed by atoms with Crippen LogP contribution in [0, 0.1) is 0 Å². The number of benzene rings is 2. The van der Waals surface area contributed by atoms with Crippen LogP contribution in [-0.2, 0) is 14.4 Å². The molecule has 144 valence electrons. The molecule has 3 amide bonds. The summed E-state index contributed by atoms with van der Waals surface area (Å²) in [6.45, 7) is 0.456. The van der Waals surface area contributed by atoms with Gasteiger partial charge in [-0.2, -0.15) is 0 Å². The zero-order valence-electron chi connectivity index (χ0n) is 15.0. The highest BCUT2D eigenvalue weighted by Crippen LogP contribution is 2.34. The Morgan fingerprint density at radius 3 is 2.79 bits per heavy atom. The van der Waals surface area contributed by atoms with Crippen LogP contribution in [0.4, 0.5) is 17.1 Å². The molecule has 2 aromatic carbocycles. The van der Waals surface area contributed by atoms with Crippen LogP contribution in [0.2, 0.25) is 0 Å². The molecule has 1 N–H and O–H groups in total. The first-order valence-electron chi connectivity index (χ1n) is 8.94. The minimum atomic E-state index is -0.325. The van der Waals surface area contributed by atoms with E-state index in [2.05, 4.69) is 21.2 Å². The van der Waals surface area contributed by atoms with Gasteiger partial charge in [-0.05, 0) is 42.8 Å². The van der Waals surface area contributed by atoms with Crippen LogP contribution in [0.15, 0.2) is 46.9 Å². The van der Waals surface area contributed by atoms with Gasteiger partial charge < -0.3 is 15.0 Å². The lowest BCUT2D eigenvalue weighted by atomic mass is 10.2. The van der Waals surface area contributed by atoms with E-state index in [-0.39, 0.29) is 30.9 Å². The Morgan fingerprint density at radius 2 is 2.00 bits per heavy atom. The molecule has 0 aromatic heterocycles. The third-order valence-electron chi connectivity index (χ3n) is 4.68. The maximum atomic E-state index is 12.6. The second kappa shape index (κ2) is 7.63. The molecule has 1 saturated heterocycles. The number of carbonyl (C=O) groups excluding carboxylic acids is 3. The van der Waals surface area contributed by atoms with E-state index in [1.807, 2.05) is 6.07 Å². The summed E-state index contributed by atoms with van der Waals surface area (Å²) in [4.78, 5) is 39.9. The van der Waals surface area contributed by atoms with Crippen LogP contribution in [0.5, 0.6) is 5.75 Å². The molecule has 28 heavy (non-hydrogen) atoms. The molecule has 0 saturated carbocycles. The minimum Gasteiger partial charge on any atom is -0.482 e. The van der Waals surface area contributed by atoms with Crippen LogP contribution in [0.1, 0.15) is 12.8 Å². The van der Waals surface area contributed by atoms with Gasteiger partial charge in [-0.3, -0.25) is 19.3 Å². The van der Waals surface area contributed by atoms with Gasteiger partial charge in [-0.15, -0.1) is 0 Å². The lowest BCUT2D eigenvalue weighted by Gasteiger charge is -2.29. The number of hydrogen-bond acceptors (Lipinski definition) is 4. The highest BCUT2D eigenvalue weighted by molar-refractivity contribution is 9.10. The molecular weight excluding hydrogens is 426 g/mol. The summed E-state index contributed by atoms with van der Waals surface area (Å²) in [5.74, 6) is 0.0388. The molecule has 8 heteroatoms. The van der Waals surface area contributed by atoms with E-state index < -0.39 is 0 Å². The number of ether oxygens (including phenoxy) is 1. The largest absolute Gasteiger partial charge is 0.482 e. The molecule has 0 unspecified atom stereocenters. The van der Waals surface area contributed by atoms with E-state index in [1.54, 1.807) is 41.3 Å². The number of halogens is 1. The number of rotatable bonds is 4. The molecule has 2 aliphatic rings. The number of carbonyl (C=O) groups is 3. The maximum absolute atomic E-state index is 12.6. The van der Waals surface area contributed by atoms with Gasteiger partial charge >= 0.3 is 0 Å². The van der Waals surface area contributed by atoms with Crippen molar-refractivity contribution in [2.75, 3.05) is 34.8 Å². The minimum absolute atomic E-state index is 0.0881. The van der Waals surface area contributed by atoms with Crippen molar-refractivity contribution in [3.8, 4) is 5.75 Å². The Bertz CT molecular complexity index is 962. The summed E-state index contributed by atoms with van der Waals surface area (Å²) in [5.41, 5.74) is 1.91. The van der Waals surface area contributed by atoms with Crippen molar-refractivity contribution in [1.29, 1.82) is 0 Å². The summed E-state index contributed by atoms with van der Waals surface area (Å²) < 4.78 is 6.27. The van der Waals surface area contributed by atoms with Crippen molar-refractivity contribution in [3.63, 3.8) is 0 Å². The van der Waals surface area contributed by atoms with E-state index in [1.165, 1.54) is 4.90 Å². The van der Waals surface area contributed by atoms with Crippen LogP contribution in [0.3, 0.4) is 0 Å². The second-order valence-electron chi connectivity index (χ2n) is 6.63. The zero-order chi connectivity index (χ0) is 19.7. The second-order valence-corrected chi connectivity index (χ2v) is 7.54. The van der Waals surface area contributed by atoms with Crippen molar-refractivity contribution in [2.45, 2.75) is 12.8 Å². The van der Waals surface area contributed by atoms with Crippen LogP contribution in [-0.4, -0.2) is 37.4 Å². The molecule has 0 atom stereocenters. The van der Waals surface area contributed by atoms with Crippen LogP contribution in [0.25, 0.3) is 0 Å². The molecule has 0 spiro atoms. The van der Waals surface area contributed by atoms with Gasteiger partial charge in [0.1, 0.15) is 12.3 Å². The van der Waals surface area contributed by atoms with Crippen LogP contribution >= 0.6 is 15.9 Å². The summed E-state index contributed by atoms with van der Waals surface area (Å²) in [5, 5.41) is 2.81. The average molecular weight is 444 g/mol. The quantitative estimate of drug-likeness (QED) is 0.787. The maximum Gasteiger partial charge on any atom is 0.265 e. The van der Waals surface area contributed by atoms with Crippen LogP contribution < -0.4 is 19.9 Å². The molecule has 2 aromatic rings. The fourth-order valence-corrected chi connectivity index (χ4v) is 3.71. The van der Waals surface area contributed by atoms with E-state index in [4.69, 9.17) is 4.74 Å². The number of amides is 3. The molecule has 1 fully saturated rings. The predicted molar refractivity (Wildman–Crippen MR) is 109 cm³/mol. The number of fused-ring (bicyclic) bond motifs is 1. The van der Waals surface area contributed by atoms with Gasteiger partial charge in [-0.25, -0.2) is 0 Å². The van der Waals surface area contributed by atoms with E-state index >= 15 is 0 Å². The van der Waals surface area contributed by atoms with Crippen molar-refractivity contribution in [3.05, 3.63) is 46.9 Å². The first-order valence-corrected chi connectivity index (χ1v) is 9.73. The summed E-state index contributed by atoms with van der Waals surface area (Å²) in [7, 11) is 0. The monoisotopic (exact) mass is 443 g/mol. The molecule has 0 aliphatic carbocycles.